The first kappa shape index (κ1) is 13.2. The van der Waals surface area contributed by atoms with Crippen LogP contribution in [0.4, 0.5) is 5.69 Å². The summed E-state index contributed by atoms with van der Waals surface area (Å²) in [6, 6.07) is 9.17. The fourth-order valence-corrected chi connectivity index (χ4v) is 3.66. The predicted octanol–water partition coefficient (Wildman–Crippen LogP) is 2.78. The number of carbonyl (C=O) groups excluding carboxylic acids is 1. The Morgan fingerprint density at radius 3 is 2.60 bits per heavy atom. The van der Waals surface area contributed by atoms with Gasteiger partial charge in [-0.05, 0) is 37.8 Å². The quantitative estimate of drug-likeness (QED) is 0.522. The molecule has 0 radical (unpaired) electrons. The highest BCUT2D eigenvalue weighted by Gasteiger charge is 2.59. The molecule has 0 aliphatic heterocycles. The van der Waals surface area contributed by atoms with Crippen LogP contribution >= 0.6 is 0 Å². The number of rotatable bonds is 3. The second-order valence-corrected chi connectivity index (χ2v) is 5.72. The maximum absolute atomic E-state index is 12.4. The van der Waals surface area contributed by atoms with Gasteiger partial charge in [-0.2, -0.15) is 0 Å². The number of hydrogen-bond acceptors (Lipinski definition) is 4. The number of esters is 1. The van der Waals surface area contributed by atoms with Gasteiger partial charge in [0.2, 0.25) is 0 Å². The van der Waals surface area contributed by atoms with Crippen molar-refractivity contribution in [1.82, 2.24) is 0 Å². The molecule has 106 valence electrons. The molecule has 4 nitrogen and oxygen atoms in total. The number of methoxy groups -OCH3 is 1. The maximum Gasteiger partial charge on any atom is 0.334 e. The third kappa shape index (κ3) is 1.68. The van der Waals surface area contributed by atoms with Crippen LogP contribution in [0.1, 0.15) is 19.8 Å². The molecule has 0 spiro atoms. The van der Waals surface area contributed by atoms with Crippen molar-refractivity contribution in [3.63, 3.8) is 0 Å². The van der Waals surface area contributed by atoms with E-state index in [1.165, 1.54) is 12.7 Å². The fraction of sp³-hybridized carbons (Fsp3) is 0.438. The van der Waals surface area contributed by atoms with Gasteiger partial charge in [-0.25, -0.2) is 9.86 Å². The second kappa shape index (κ2) is 4.63. The summed E-state index contributed by atoms with van der Waals surface area (Å²) in [6.45, 7) is 2.09. The van der Waals surface area contributed by atoms with Crippen molar-refractivity contribution in [2.45, 2.75) is 25.3 Å². The summed E-state index contributed by atoms with van der Waals surface area (Å²) in [6.07, 6.45) is 3.63. The van der Waals surface area contributed by atoms with E-state index in [2.05, 4.69) is 13.0 Å². The SMILES string of the molecule is COC(=O)[C@@]1(N(O)c2ccccc2)C[C@@H]2C[C@H]1C=C2C. The number of ether oxygens (including phenoxy) is 1. The van der Waals surface area contributed by atoms with Crippen LogP contribution in [0.15, 0.2) is 42.0 Å². The summed E-state index contributed by atoms with van der Waals surface area (Å²) in [4.78, 5) is 12.4. The molecule has 3 rings (SSSR count). The summed E-state index contributed by atoms with van der Waals surface area (Å²) < 4.78 is 5.00. The van der Waals surface area contributed by atoms with E-state index in [-0.39, 0.29) is 11.9 Å². The normalized spacial score (nSPS) is 31.1. The predicted molar refractivity (Wildman–Crippen MR) is 75.4 cm³/mol. The number of nitrogens with zero attached hydrogens (tertiary/aromatic N) is 1. The van der Waals surface area contributed by atoms with E-state index >= 15 is 0 Å². The molecule has 1 fully saturated rings. The largest absolute Gasteiger partial charge is 0.467 e. The molecule has 3 atom stereocenters. The molecule has 1 aromatic rings. The summed E-state index contributed by atoms with van der Waals surface area (Å²) in [7, 11) is 1.38. The molecule has 1 saturated carbocycles. The van der Waals surface area contributed by atoms with Crippen molar-refractivity contribution in [1.29, 1.82) is 0 Å². The van der Waals surface area contributed by atoms with Crippen molar-refractivity contribution >= 4 is 11.7 Å². The van der Waals surface area contributed by atoms with Crippen molar-refractivity contribution < 1.29 is 14.7 Å². The van der Waals surface area contributed by atoms with E-state index in [4.69, 9.17) is 4.74 Å². The van der Waals surface area contributed by atoms with E-state index in [0.29, 0.717) is 18.0 Å². The summed E-state index contributed by atoms with van der Waals surface area (Å²) >= 11 is 0. The van der Waals surface area contributed by atoms with Crippen LogP contribution in [0, 0.1) is 11.8 Å². The first-order valence-electron chi connectivity index (χ1n) is 6.90. The minimum Gasteiger partial charge on any atom is -0.467 e. The number of para-hydroxylation sites is 1. The third-order valence-corrected chi connectivity index (χ3v) is 4.74. The Balaban J connectivity index is 2.03. The highest BCUT2D eigenvalue weighted by Crippen LogP contribution is 2.53. The lowest BCUT2D eigenvalue weighted by Gasteiger charge is -2.40. The van der Waals surface area contributed by atoms with E-state index in [1.807, 2.05) is 18.2 Å². The van der Waals surface area contributed by atoms with E-state index in [1.54, 1.807) is 12.1 Å². The lowest BCUT2D eigenvalue weighted by atomic mass is 9.81. The van der Waals surface area contributed by atoms with Gasteiger partial charge in [0.25, 0.3) is 0 Å². The molecule has 2 aliphatic carbocycles. The smallest absolute Gasteiger partial charge is 0.334 e. The molecule has 0 amide bonds. The lowest BCUT2D eigenvalue weighted by molar-refractivity contribution is -0.151. The molecule has 4 heteroatoms. The standard InChI is InChI=1S/C16H19NO3/c1-11-8-13-9-12(11)10-16(13,15(18)20-2)17(19)14-6-4-3-5-7-14/h3-8,12-13,19H,9-10H2,1-2H3/t12-,13+,16+/m0/s1. The first-order valence-corrected chi connectivity index (χ1v) is 6.90. The molecular weight excluding hydrogens is 254 g/mol. The molecule has 2 aliphatic rings. The van der Waals surface area contributed by atoms with Crippen LogP contribution in [0.5, 0.6) is 0 Å². The van der Waals surface area contributed by atoms with Gasteiger partial charge in [0.15, 0.2) is 5.54 Å². The molecule has 0 aromatic heterocycles. The second-order valence-electron chi connectivity index (χ2n) is 5.72. The third-order valence-electron chi connectivity index (χ3n) is 4.74. The summed E-state index contributed by atoms with van der Waals surface area (Å²) in [5.41, 5.74) is 0.952. The van der Waals surface area contributed by atoms with Gasteiger partial charge in [-0.1, -0.05) is 29.8 Å². The van der Waals surface area contributed by atoms with Gasteiger partial charge >= 0.3 is 5.97 Å². The Bertz CT molecular complexity index is 554. The van der Waals surface area contributed by atoms with Crippen molar-refractivity contribution in [2.24, 2.45) is 11.8 Å². The number of fused-ring (bicyclic) bond motifs is 2. The van der Waals surface area contributed by atoms with Gasteiger partial charge in [0.05, 0.1) is 12.8 Å². The number of anilines is 1. The highest BCUT2D eigenvalue weighted by atomic mass is 16.5. The topological polar surface area (TPSA) is 49.8 Å². The lowest BCUT2D eigenvalue weighted by Crippen LogP contribution is -2.57. The average molecular weight is 273 g/mol. The number of hydroxylamine groups is 1. The van der Waals surface area contributed by atoms with E-state index in [9.17, 15) is 10.0 Å². The van der Waals surface area contributed by atoms with Crippen LogP contribution in [0.3, 0.4) is 0 Å². The molecule has 0 unspecified atom stereocenters. The Labute approximate surface area is 118 Å². The molecule has 0 heterocycles. The minimum atomic E-state index is -0.986. The van der Waals surface area contributed by atoms with E-state index < -0.39 is 5.54 Å². The Kier molecular flexibility index (Phi) is 3.05. The Morgan fingerprint density at radius 1 is 1.40 bits per heavy atom. The van der Waals surface area contributed by atoms with Crippen molar-refractivity contribution in [2.75, 3.05) is 12.2 Å². The molecule has 20 heavy (non-hydrogen) atoms. The zero-order valence-corrected chi connectivity index (χ0v) is 11.7. The van der Waals surface area contributed by atoms with Gasteiger partial charge < -0.3 is 4.74 Å². The fourth-order valence-electron chi connectivity index (χ4n) is 3.66. The van der Waals surface area contributed by atoms with Gasteiger partial charge in [-0.15, -0.1) is 0 Å². The zero-order chi connectivity index (χ0) is 14.3. The van der Waals surface area contributed by atoms with Gasteiger partial charge in [-0.3, -0.25) is 5.21 Å². The summed E-state index contributed by atoms with van der Waals surface area (Å²) in [5, 5.41) is 11.8. The Hall–Kier alpha value is -1.81. The highest BCUT2D eigenvalue weighted by molar-refractivity contribution is 5.86. The monoisotopic (exact) mass is 273 g/mol. The molecule has 1 N–H and O–H groups in total. The zero-order valence-electron chi connectivity index (χ0n) is 11.7. The molecule has 2 bridgehead atoms. The summed E-state index contributed by atoms with van der Waals surface area (Å²) in [5.74, 6) is 0.00252. The number of benzene rings is 1. The van der Waals surface area contributed by atoms with Crippen LogP contribution in [0.2, 0.25) is 0 Å². The molecular formula is C16H19NO3. The average Bonchev–Trinajstić information content (AvgIpc) is 3.03. The number of hydrogen-bond donors (Lipinski definition) is 1. The first-order chi connectivity index (χ1) is 9.59. The van der Waals surface area contributed by atoms with Crippen molar-refractivity contribution in [3.05, 3.63) is 42.0 Å². The minimum absolute atomic E-state index is 0.00477. The molecule has 0 saturated heterocycles. The Morgan fingerprint density at radius 2 is 2.10 bits per heavy atom. The maximum atomic E-state index is 12.4. The molecule has 1 aromatic carbocycles. The van der Waals surface area contributed by atoms with Gasteiger partial charge in [0, 0.05) is 5.92 Å². The van der Waals surface area contributed by atoms with Crippen LogP contribution in [-0.2, 0) is 9.53 Å². The number of allylic oxidation sites excluding steroid dienone is 1. The van der Waals surface area contributed by atoms with Crippen LogP contribution in [-0.4, -0.2) is 23.8 Å². The number of carbonyl (C=O) groups is 1. The van der Waals surface area contributed by atoms with E-state index in [0.717, 1.165) is 11.5 Å². The van der Waals surface area contributed by atoms with Crippen LogP contribution < -0.4 is 5.06 Å². The van der Waals surface area contributed by atoms with Crippen molar-refractivity contribution in [3.8, 4) is 0 Å². The van der Waals surface area contributed by atoms with Crippen LogP contribution in [0.25, 0.3) is 0 Å². The van der Waals surface area contributed by atoms with Gasteiger partial charge in [0.1, 0.15) is 0 Å².